The molecule has 0 aliphatic heterocycles. The van der Waals surface area contributed by atoms with Crippen molar-refractivity contribution >= 4 is 17.6 Å². The van der Waals surface area contributed by atoms with Crippen LogP contribution in [0.3, 0.4) is 0 Å². The molecule has 1 aromatic heterocycles. The molecule has 0 aliphatic rings. The Bertz CT molecular complexity index is 1040. The predicted molar refractivity (Wildman–Crippen MR) is 109 cm³/mol. The Hall–Kier alpha value is -3.61. The average Bonchev–Trinajstić information content (AvgIpc) is 3.19. The number of amides is 1. The number of nitrogens with one attached hydrogen (secondary N) is 1. The molecule has 1 unspecified atom stereocenters. The molecule has 0 saturated heterocycles. The zero-order valence-electron chi connectivity index (χ0n) is 16.9. The number of halogens is 1. The third-order valence-corrected chi connectivity index (χ3v) is 4.36. The van der Waals surface area contributed by atoms with Gasteiger partial charge in [-0.2, -0.15) is 0 Å². The Morgan fingerprint density at radius 3 is 2.53 bits per heavy atom. The van der Waals surface area contributed by atoms with Crippen LogP contribution in [0.1, 0.15) is 34.4 Å². The van der Waals surface area contributed by atoms with Crippen LogP contribution in [0, 0.1) is 19.7 Å². The van der Waals surface area contributed by atoms with Gasteiger partial charge in [-0.25, -0.2) is 9.18 Å². The van der Waals surface area contributed by atoms with E-state index >= 15 is 0 Å². The first-order valence-electron chi connectivity index (χ1n) is 9.38. The first-order chi connectivity index (χ1) is 14.3. The molecule has 7 heteroatoms. The van der Waals surface area contributed by atoms with Crippen LogP contribution in [0.25, 0.3) is 0 Å². The number of aryl methyl sites for hydroxylation is 2. The van der Waals surface area contributed by atoms with Crippen molar-refractivity contribution in [2.24, 2.45) is 0 Å². The second kappa shape index (κ2) is 9.26. The number of esters is 1. The summed E-state index contributed by atoms with van der Waals surface area (Å²) in [6.45, 7) is 5.35. The molecule has 0 radical (unpaired) electrons. The fraction of sp³-hybridized carbons (Fsp3) is 0.217. The van der Waals surface area contributed by atoms with Gasteiger partial charge in [0.05, 0.1) is 0 Å². The van der Waals surface area contributed by atoms with E-state index in [2.05, 4.69) is 5.32 Å². The highest BCUT2D eigenvalue weighted by Gasteiger charge is 2.22. The highest BCUT2D eigenvalue weighted by Crippen LogP contribution is 2.18. The van der Waals surface area contributed by atoms with Gasteiger partial charge in [-0.05, 0) is 74.4 Å². The summed E-state index contributed by atoms with van der Waals surface area (Å²) in [6, 6.07) is 14.3. The molecule has 156 valence electrons. The van der Waals surface area contributed by atoms with E-state index in [1.807, 2.05) is 32.0 Å². The average molecular weight is 411 g/mol. The van der Waals surface area contributed by atoms with Gasteiger partial charge in [-0.3, -0.25) is 4.79 Å². The summed E-state index contributed by atoms with van der Waals surface area (Å²) in [5, 5.41) is 2.76. The molecule has 0 aliphatic carbocycles. The molecular formula is C23H22FNO5. The quantitative estimate of drug-likeness (QED) is 0.565. The number of hydrogen-bond donors (Lipinski definition) is 1. The number of rotatable bonds is 7. The van der Waals surface area contributed by atoms with Crippen LogP contribution >= 0.6 is 0 Å². The van der Waals surface area contributed by atoms with Gasteiger partial charge >= 0.3 is 5.97 Å². The van der Waals surface area contributed by atoms with Gasteiger partial charge < -0.3 is 19.2 Å². The number of furan rings is 1. The number of anilines is 1. The van der Waals surface area contributed by atoms with E-state index in [-0.39, 0.29) is 18.2 Å². The zero-order chi connectivity index (χ0) is 21.7. The van der Waals surface area contributed by atoms with Gasteiger partial charge in [-0.1, -0.05) is 12.1 Å². The highest BCUT2D eigenvalue weighted by atomic mass is 19.1. The molecular weight excluding hydrogens is 389 g/mol. The van der Waals surface area contributed by atoms with Crippen molar-refractivity contribution in [1.29, 1.82) is 0 Å². The summed E-state index contributed by atoms with van der Waals surface area (Å²) in [6.07, 6.45) is -1.01. The van der Waals surface area contributed by atoms with Crippen molar-refractivity contribution in [3.05, 3.63) is 83.1 Å². The van der Waals surface area contributed by atoms with Gasteiger partial charge in [0.25, 0.3) is 5.91 Å². The standard InChI is InChI=1S/C23H22FNO5/c1-14-4-5-15(2)20(12-14)25-22(26)16(3)29-23(27)21-11-10-19(30-21)13-28-18-8-6-17(24)7-9-18/h4-12,16H,13H2,1-3H3,(H,25,26). The molecule has 1 heterocycles. The molecule has 0 saturated carbocycles. The minimum atomic E-state index is -1.01. The number of carbonyl (C=O) groups is 2. The first kappa shape index (κ1) is 21.1. The van der Waals surface area contributed by atoms with Crippen LogP contribution in [0.15, 0.2) is 59.0 Å². The smallest absolute Gasteiger partial charge is 0.375 e. The maximum absolute atomic E-state index is 12.9. The van der Waals surface area contributed by atoms with Crippen molar-refractivity contribution < 1.29 is 27.9 Å². The van der Waals surface area contributed by atoms with E-state index in [1.165, 1.54) is 37.3 Å². The largest absolute Gasteiger partial charge is 0.486 e. The zero-order valence-corrected chi connectivity index (χ0v) is 16.9. The normalized spacial score (nSPS) is 11.6. The van der Waals surface area contributed by atoms with Crippen LogP contribution in [0.2, 0.25) is 0 Å². The van der Waals surface area contributed by atoms with E-state index < -0.39 is 18.0 Å². The molecule has 1 amide bonds. The third-order valence-electron chi connectivity index (χ3n) is 4.36. The second-order valence-electron chi connectivity index (χ2n) is 6.86. The molecule has 1 N–H and O–H groups in total. The van der Waals surface area contributed by atoms with Crippen LogP contribution in [-0.4, -0.2) is 18.0 Å². The summed E-state index contributed by atoms with van der Waals surface area (Å²) in [5.41, 5.74) is 2.58. The fourth-order valence-corrected chi connectivity index (χ4v) is 2.63. The Labute approximate surface area is 173 Å². The molecule has 0 bridgehead atoms. The molecule has 3 rings (SSSR count). The molecule has 2 aromatic carbocycles. The third kappa shape index (κ3) is 5.47. The van der Waals surface area contributed by atoms with Crippen LogP contribution in [0.5, 0.6) is 5.75 Å². The van der Waals surface area contributed by atoms with Crippen molar-refractivity contribution in [3.63, 3.8) is 0 Å². The molecule has 1 atom stereocenters. The summed E-state index contributed by atoms with van der Waals surface area (Å²) in [4.78, 5) is 24.6. The minimum absolute atomic E-state index is 0.0425. The number of ether oxygens (including phenoxy) is 2. The lowest BCUT2D eigenvalue weighted by molar-refractivity contribution is -0.123. The SMILES string of the molecule is Cc1ccc(C)c(NC(=O)C(C)OC(=O)c2ccc(COc3ccc(F)cc3)o2)c1. The topological polar surface area (TPSA) is 77.8 Å². The Kier molecular flexibility index (Phi) is 6.51. The summed E-state index contributed by atoms with van der Waals surface area (Å²) in [5.74, 6) is -0.747. The van der Waals surface area contributed by atoms with E-state index in [0.29, 0.717) is 17.2 Å². The van der Waals surface area contributed by atoms with E-state index in [4.69, 9.17) is 13.9 Å². The fourth-order valence-electron chi connectivity index (χ4n) is 2.63. The number of benzene rings is 2. The monoisotopic (exact) mass is 411 g/mol. The summed E-state index contributed by atoms with van der Waals surface area (Å²) in [7, 11) is 0. The predicted octanol–water partition coefficient (Wildman–Crippen LogP) is 4.80. The van der Waals surface area contributed by atoms with Gasteiger partial charge in [-0.15, -0.1) is 0 Å². The van der Waals surface area contributed by atoms with Gasteiger partial charge in [0.2, 0.25) is 5.76 Å². The van der Waals surface area contributed by atoms with Gasteiger partial charge in [0.15, 0.2) is 6.10 Å². The lowest BCUT2D eigenvalue weighted by Crippen LogP contribution is -2.30. The lowest BCUT2D eigenvalue weighted by Gasteiger charge is -2.14. The second-order valence-corrected chi connectivity index (χ2v) is 6.86. The first-order valence-corrected chi connectivity index (χ1v) is 9.38. The summed E-state index contributed by atoms with van der Waals surface area (Å²) < 4.78 is 29.0. The Morgan fingerprint density at radius 1 is 1.07 bits per heavy atom. The van der Waals surface area contributed by atoms with Gasteiger partial charge in [0.1, 0.15) is 23.9 Å². The highest BCUT2D eigenvalue weighted by molar-refractivity contribution is 5.97. The van der Waals surface area contributed by atoms with Crippen LogP contribution < -0.4 is 10.1 Å². The maximum atomic E-state index is 12.9. The summed E-state index contributed by atoms with van der Waals surface area (Å²) >= 11 is 0. The number of carbonyl (C=O) groups excluding carboxylic acids is 2. The van der Waals surface area contributed by atoms with Gasteiger partial charge in [0, 0.05) is 5.69 Å². The van der Waals surface area contributed by atoms with Crippen molar-refractivity contribution in [2.45, 2.75) is 33.5 Å². The minimum Gasteiger partial charge on any atom is -0.486 e. The molecule has 0 spiro atoms. The number of hydrogen-bond acceptors (Lipinski definition) is 5. The van der Waals surface area contributed by atoms with E-state index in [9.17, 15) is 14.0 Å². The van der Waals surface area contributed by atoms with Crippen molar-refractivity contribution in [1.82, 2.24) is 0 Å². The lowest BCUT2D eigenvalue weighted by atomic mass is 10.1. The van der Waals surface area contributed by atoms with Crippen LogP contribution in [0.4, 0.5) is 10.1 Å². The Morgan fingerprint density at radius 2 is 1.80 bits per heavy atom. The van der Waals surface area contributed by atoms with Crippen molar-refractivity contribution in [2.75, 3.05) is 5.32 Å². The Balaban J connectivity index is 1.54. The van der Waals surface area contributed by atoms with Crippen LogP contribution in [-0.2, 0) is 16.1 Å². The van der Waals surface area contributed by atoms with E-state index in [0.717, 1.165) is 11.1 Å². The molecule has 0 fully saturated rings. The maximum Gasteiger partial charge on any atom is 0.375 e. The molecule has 3 aromatic rings. The van der Waals surface area contributed by atoms with E-state index in [1.54, 1.807) is 6.07 Å². The molecule has 6 nitrogen and oxygen atoms in total. The van der Waals surface area contributed by atoms with Crippen molar-refractivity contribution in [3.8, 4) is 5.75 Å². The molecule has 30 heavy (non-hydrogen) atoms.